The molecule has 1 aromatic heterocycles. The average Bonchev–Trinajstić information content (AvgIpc) is 2.73. The fourth-order valence-electron chi connectivity index (χ4n) is 1.50. The molecule has 0 atom stereocenters. The van der Waals surface area contributed by atoms with Gasteiger partial charge in [-0.2, -0.15) is 0 Å². The van der Waals surface area contributed by atoms with Crippen molar-refractivity contribution < 1.29 is 9.53 Å². The van der Waals surface area contributed by atoms with Crippen LogP contribution in [0.5, 0.6) is 0 Å². The predicted molar refractivity (Wildman–Crippen MR) is 76.4 cm³/mol. The Morgan fingerprint density at radius 3 is 2.83 bits per heavy atom. The van der Waals surface area contributed by atoms with Crippen LogP contribution in [0.15, 0.2) is 40.2 Å². The van der Waals surface area contributed by atoms with Gasteiger partial charge >= 0.3 is 5.97 Å². The van der Waals surface area contributed by atoms with Crippen molar-refractivity contribution in [2.45, 2.75) is 13.0 Å². The highest BCUT2D eigenvalue weighted by molar-refractivity contribution is 9.11. The van der Waals surface area contributed by atoms with E-state index in [4.69, 9.17) is 10.5 Å². The first-order chi connectivity index (χ1) is 8.63. The molecule has 0 saturated heterocycles. The minimum atomic E-state index is -0.245. The zero-order chi connectivity index (χ0) is 13.0. The van der Waals surface area contributed by atoms with Crippen LogP contribution in [0, 0.1) is 0 Å². The molecule has 0 aliphatic rings. The summed E-state index contributed by atoms with van der Waals surface area (Å²) in [5.74, 6) is -0.245. The maximum atomic E-state index is 11.6. The van der Waals surface area contributed by atoms with E-state index in [0.29, 0.717) is 12.3 Å². The molecule has 0 saturated carbocycles. The van der Waals surface area contributed by atoms with Crippen molar-refractivity contribution in [3.63, 3.8) is 0 Å². The summed E-state index contributed by atoms with van der Waals surface area (Å²) in [5, 5.41) is 0. The van der Waals surface area contributed by atoms with E-state index in [2.05, 4.69) is 15.9 Å². The zero-order valence-electron chi connectivity index (χ0n) is 9.56. The Kier molecular flexibility index (Phi) is 4.38. The van der Waals surface area contributed by atoms with Gasteiger partial charge in [0, 0.05) is 10.6 Å². The first-order valence-corrected chi connectivity index (χ1v) is 6.99. The first-order valence-electron chi connectivity index (χ1n) is 5.38. The molecule has 2 N–H and O–H groups in total. The van der Waals surface area contributed by atoms with Crippen molar-refractivity contribution in [2.24, 2.45) is 0 Å². The summed E-state index contributed by atoms with van der Waals surface area (Å²) in [7, 11) is 0. The molecule has 0 fully saturated rings. The molecule has 2 aromatic rings. The van der Waals surface area contributed by atoms with Gasteiger partial charge in [0.25, 0.3) is 0 Å². The van der Waals surface area contributed by atoms with Crippen molar-refractivity contribution in [3.05, 3.63) is 50.6 Å². The summed E-state index contributed by atoms with van der Waals surface area (Å²) < 4.78 is 6.23. The van der Waals surface area contributed by atoms with Crippen LogP contribution < -0.4 is 5.73 Å². The van der Waals surface area contributed by atoms with Crippen molar-refractivity contribution in [1.29, 1.82) is 0 Å². The molecule has 1 aromatic carbocycles. The van der Waals surface area contributed by atoms with Gasteiger partial charge in [0.2, 0.25) is 0 Å². The monoisotopic (exact) mass is 325 g/mol. The molecule has 0 aliphatic carbocycles. The number of carbonyl (C=O) groups is 1. The number of thiophene rings is 1. The lowest BCUT2D eigenvalue weighted by molar-refractivity contribution is -0.144. The molecule has 0 bridgehead atoms. The van der Waals surface area contributed by atoms with E-state index in [1.165, 1.54) is 0 Å². The van der Waals surface area contributed by atoms with Gasteiger partial charge in [-0.1, -0.05) is 12.1 Å². The second-order valence-corrected chi connectivity index (χ2v) is 6.34. The molecular weight excluding hydrogens is 314 g/mol. The largest absolute Gasteiger partial charge is 0.460 e. The zero-order valence-corrected chi connectivity index (χ0v) is 12.0. The van der Waals surface area contributed by atoms with Crippen LogP contribution in [-0.4, -0.2) is 5.97 Å². The lowest BCUT2D eigenvalue weighted by atomic mass is 10.1. The molecule has 3 nitrogen and oxygen atoms in total. The van der Waals surface area contributed by atoms with Gasteiger partial charge in [0.05, 0.1) is 10.2 Å². The van der Waals surface area contributed by atoms with Gasteiger partial charge in [-0.05, 0) is 45.8 Å². The molecular formula is C13H12BrNO2S. The van der Waals surface area contributed by atoms with Gasteiger partial charge in [0.1, 0.15) is 6.61 Å². The van der Waals surface area contributed by atoms with E-state index in [1.54, 1.807) is 23.5 Å². The molecule has 0 radical (unpaired) electrons. The van der Waals surface area contributed by atoms with Crippen LogP contribution in [0.3, 0.4) is 0 Å². The highest BCUT2D eigenvalue weighted by atomic mass is 79.9. The minimum absolute atomic E-state index is 0.245. The number of benzene rings is 1. The van der Waals surface area contributed by atoms with Gasteiger partial charge in [0.15, 0.2) is 0 Å². The van der Waals surface area contributed by atoms with E-state index in [0.717, 1.165) is 14.2 Å². The van der Waals surface area contributed by atoms with Crippen LogP contribution in [0.1, 0.15) is 10.4 Å². The van der Waals surface area contributed by atoms with Gasteiger partial charge in [-0.25, -0.2) is 0 Å². The molecule has 5 heteroatoms. The molecule has 1 heterocycles. The number of esters is 1. The second kappa shape index (κ2) is 6.02. The number of halogens is 1. The van der Waals surface area contributed by atoms with Crippen LogP contribution >= 0.6 is 27.3 Å². The smallest absolute Gasteiger partial charge is 0.310 e. The molecule has 0 aliphatic heterocycles. The van der Waals surface area contributed by atoms with E-state index in [1.807, 2.05) is 24.3 Å². The number of nitrogens with two attached hydrogens (primary N) is 1. The summed E-state index contributed by atoms with van der Waals surface area (Å²) in [6, 6.07) is 11.1. The van der Waals surface area contributed by atoms with Crippen molar-refractivity contribution >= 4 is 38.9 Å². The van der Waals surface area contributed by atoms with Gasteiger partial charge in [-0.15, -0.1) is 11.3 Å². The minimum Gasteiger partial charge on any atom is -0.460 e. The molecule has 0 amide bonds. The Balaban J connectivity index is 1.85. The van der Waals surface area contributed by atoms with Crippen LogP contribution in [0.4, 0.5) is 5.69 Å². The summed E-state index contributed by atoms with van der Waals surface area (Å²) in [5.41, 5.74) is 7.17. The van der Waals surface area contributed by atoms with Crippen molar-refractivity contribution in [2.75, 3.05) is 5.73 Å². The molecule has 94 valence electrons. The maximum Gasteiger partial charge on any atom is 0.310 e. The van der Waals surface area contributed by atoms with Crippen LogP contribution in [-0.2, 0) is 22.6 Å². The number of carbonyl (C=O) groups excluding carboxylic acids is 1. The van der Waals surface area contributed by atoms with Crippen LogP contribution in [0.25, 0.3) is 0 Å². The number of hydrogen-bond acceptors (Lipinski definition) is 4. The highest BCUT2D eigenvalue weighted by Gasteiger charge is 2.06. The summed E-state index contributed by atoms with van der Waals surface area (Å²) in [4.78, 5) is 12.7. The van der Waals surface area contributed by atoms with Crippen molar-refractivity contribution in [3.8, 4) is 0 Å². The summed E-state index contributed by atoms with van der Waals surface area (Å²) in [6.45, 7) is 0.317. The Morgan fingerprint density at radius 1 is 1.33 bits per heavy atom. The van der Waals surface area contributed by atoms with Gasteiger partial charge in [-0.3, -0.25) is 4.79 Å². The fourth-order valence-corrected chi connectivity index (χ4v) is 2.90. The molecule has 18 heavy (non-hydrogen) atoms. The highest BCUT2D eigenvalue weighted by Crippen LogP contribution is 2.22. The first kappa shape index (κ1) is 13.1. The van der Waals surface area contributed by atoms with Gasteiger partial charge < -0.3 is 10.5 Å². The summed E-state index contributed by atoms with van der Waals surface area (Å²) >= 11 is 4.92. The average molecular weight is 326 g/mol. The number of nitrogen functional groups attached to an aromatic ring is 1. The standard InChI is InChI=1S/C13H12BrNO2S/c14-12-5-4-11(18-12)8-17-13(16)7-9-2-1-3-10(15)6-9/h1-6H,7-8,15H2. The van der Waals surface area contributed by atoms with E-state index < -0.39 is 0 Å². The van der Waals surface area contributed by atoms with E-state index >= 15 is 0 Å². The van der Waals surface area contributed by atoms with Crippen LogP contribution in [0.2, 0.25) is 0 Å². The predicted octanol–water partition coefficient (Wildman–Crippen LogP) is 3.38. The Hall–Kier alpha value is -1.33. The third kappa shape index (κ3) is 3.85. The quantitative estimate of drug-likeness (QED) is 0.692. The third-order valence-corrected chi connectivity index (χ3v) is 3.90. The lowest BCUT2D eigenvalue weighted by Gasteiger charge is -2.04. The van der Waals surface area contributed by atoms with Crippen molar-refractivity contribution in [1.82, 2.24) is 0 Å². The number of ether oxygens (including phenoxy) is 1. The Labute approximate surface area is 118 Å². The molecule has 2 rings (SSSR count). The topological polar surface area (TPSA) is 52.3 Å². The second-order valence-electron chi connectivity index (χ2n) is 3.79. The normalized spacial score (nSPS) is 10.3. The number of anilines is 1. The maximum absolute atomic E-state index is 11.6. The molecule has 0 unspecified atom stereocenters. The Bertz CT molecular complexity index is 553. The summed E-state index contributed by atoms with van der Waals surface area (Å²) in [6.07, 6.45) is 0.248. The third-order valence-electron chi connectivity index (χ3n) is 2.30. The number of hydrogen-bond donors (Lipinski definition) is 1. The SMILES string of the molecule is Nc1cccc(CC(=O)OCc2ccc(Br)s2)c1. The van der Waals surface area contributed by atoms with E-state index in [9.17, 15) is 4.79 Å². The number of rotatable bonds is 4. The Morgan fingerprint density at radius 2 is 2.17 bits per heavy atom. The van der Waals surface area contributed by atoms with E-state index in [-0.39, 0.29) is 12.4 Å². The molecule has 0 spiro atoms. The fraction of sp³-hybridized carbons (Fsp3) is 0.154. The lowest BCUT2D eigenvalue weighted by Crippen LogP contribution is -2.07.